The van der Waals surface area contributed by atoms with Crippen LogP contribution in [0.15, 0.2) is 36.5 Å². The lowest BCUT2D eigenvalue weighted by atomic mass is 10.1. The zero-order valence-electron chi connectivity index (χ0n) is 15.0. The summed E-state index contributed by atoms with van der Waals surface area (Å²) in [5.74, 6) is 1.01. The molecule has 0 radical (unpaired) electrons. The van der Waals surface area contributed by atoms with Gasteiger partial charge in [0.15, 0.2) is 11.5 Å². The van der Waals surface area contributed by atoms with Crippen molar-refractivity contribution in [2.75, 3.05) is 40.4 Å². The Morgan fingerprint density at radius 2 is 1.62 bits per heavy atom. The number of hydrogen-bond acceptors (Lipinski definition) is 4. The summed E-state index contributed by atoms with van der Waals surface area (Å²) >= 11 is 0. The summed E-state index contributed by atoms with van der Waals surface area (Å²) in [6.45, 7) is 2.26. The molecule has 26 heavy (non-hydrogen) atoms. The minimum Gasteiger partial charge on any atom is -0.493 e. The van der Waals surface area contributed by atoms with Crippen LogP contribution >= 0.6 is 0 Å². The van der Waals surface area contributed by atoms with Gasteiger partial charge in [-0.15, -0.1) is 0 Å². The summed E-state index contributed by atoms with van der Waals surface area (Å²) < 4.78 is 10.5. The highest BCUT2D eigenvalue weighted by molar-refractivity contribution is 5.95. The predicted octanol–water partition coefficient (Wildman–Crippen LogP) is 2.02. The van der Waals surface area contributed by atoms with Gasteiger partial charge in [-0.3, -0.25) is 9.59 Å². The number of carbonyl (C=O) groups is 2. The molecule has 7 heteroatoms. The molecular weight excluding hydrogens is 334 g/mol. The van der Waals surface area contributed by atoms with Crippen LogP contribution in [0, 0.1) is 0 Å². The van der Waals surface area contributed by atoms with E-state index in [1.54, 1.807) is 60.5 Å². The second-order valence-electron chi connectivity index (χ2n) is 6.09. The number of benzene rings is 1. The van der Waals surface area contributed by atoms with Crippen molar-refractivity contribution >= 4 is 11.8 Å². The van der Waals surface area contributed by atoms with Crippen molar-refractivity contribution in [2.24, 2.45) is 0 Å². The summed E-state index contributed by atoms with van der Waals surface area (Å²) in [5.41, 5.74) is 1.12. The van der Waals surface area contributed by atoms with E-state index in [-0.39, 0.29) is 11.8 Å². The van der Waals surface area contributed by atoms with Crippen molar-refractivity contribution < 1.29 is 19.1 Å². The van der Waals surface area contributed by atoms with E-state index in [2.05, 4.69) is 4.98 Å². The summed E-state index contributed by atoms with van der Waals surface area (Å²) in [7, 11) is 3.10. The maximum absolute atomic E-state index is 12.8. The maximum Gasteiger partial charge on any atom is 0.270 e. The van der Waals surface area contributed by atoms with Gasteiger partial charge in [0.1, 0.15) is 5.69 Å². The molecule has 2 heterocycles. The number of amides is 2. The minimum absolute atomic E-state index is 0.0320. The van der Waals surface area contributed by atoms with E-state index < -0.39 is 0 Å². The Kier molecular flexibility index (Phi) is 5.46. The molecule has 1 aliphatic heterocycles. The van der Waals surface area contributed by atoms with Crippen LogP contribution in [0.3, 0.4) is 0 Å². The standard InChI is InChI=1S/C19H23N3O4/c1-25-16-7-6-14(13-17(16)26-2)18(23)21-9-4-10-22(12-11-21)19(24)15-5-3-8-20-15/h3,5-8,13,20H,4,9-12H2,1-2H3. The average molecular weight is 357 g/mol. The second kappa shape index (κ2) is 7.95. The molecule has 2 amide bonds. The Balaban J connectivity index is 1.69. The van der Waals surface area contributed by atoms with Gasteiger partial charge in [0.25, 0.3) is 11.8 Å². The van der Waals surface area contributed by atoms with Crippen molar-refractivity contribution in [3.05, 3.63) is 47.8 Å². The summed E-state index contributed by atoms with van der Waals surface area (Å²) in [4.78, 5) is 31.8. The summed E-state index contributed by atoms with van der Waals surface area (Å²) in [6, 6.07) is 8.72. The van der Waals surface area contributed by atoms with Crippen LogP contribution in [-0.2, 0) is 0 Å². The smallest absolute Gasteiger partial charge is 0.270 e. The van der Waals surface area contributed by atoms with Crippen LogP contribution in [-0.4, -0.2) is 67.0 Å². The monoisotopic (exact) mass is 357 g/mol. The van der Waals surface area contributed by atoms with E-state index in [0.717, 1.165) is 6.42 Å². The van der Waals surface area contributed by atoms with Crippen LogP contribution < -0.4 is 9.47 Å². The lowest BCUT2D eigenvalue weighted by Crippen LogP contribution is -2.37. The SMILES string of the molecule is COc1ccc(C(=O)N2CCCN(C(=O)c3ccc[nH]3)CC2)cc1OC. The molecular formula is C19H23N3O4. The third-order valence-electron chi connectivity index (χ3n) is 4.53. The third kappa shape index (κ3) is 3.66. The van der Waals surface area contributed by atoms with Gasteiger partial charge in [-0.2, -0.15) is 0 Å². The largest absolute Gasteiger partial charge is 0.493 e. The molecule has 2 aromatic rings. The van der Waals surface area contributed by atoms with Gasteiger partial charge in [-0.25, -0.2) is 0 Å². The summed E-state index contributed by atoms with van der Waals surface area (Å²) in [5, 5.41) is 0. The van der Waals surface area contributed by atoms with E-state index in [1.807, 2.05) is 0 Å². The molecule has 1 aliphatic rings. The molecule has 1 saturated heterocycles. The quantitative estimate of drug-likeness (QED) is 0.908. The number of rotatable bonds is 4. The van der Waals surface area contributed by atoms with Crippen LogP contribution in [0.5, 0.6) is 11.5 Å². The van der Waals surface area contributed by atoms with Gasteiger partial charge in [0.2, 0.25) is 0 Å². The van der Waals surface area contributed by atoms with Crippen molar-refractivity contribution in [3.8, 4) is 11.5 Å². The zero-order valence-corrected chi connectivity index (χ0v) is 15.0. The van der Waals surface area contributed by atoms with Gasteiger partial charge in [-0.1, -0.05) is 0 Å². The van der Waals surface area contributed by atoms with Crippen LogP contribution in [0.25, 0.3) is 0 Å². The van der Waals surface area contributed by atoms with Crippen LogP contribution in [0.4, 0.5) is 0 Å². The zero-order chi connectivity index (χ0) is 18.5. The van der Waals surface area contributed by atoms with Gasteiger partial charge >= 0.3 is 0 Å². The van der Waals surface area contributed by atoms with Gasteiger partial charge in [-0.05, 0) is 36.8 Å². The highest BCUT2D eigenvalue weighted by atomic mass is 16.5. The van der Waals surface area contributed by atoms with Crippen molar-refractivity contribution in [1.82, 2.24) is 14.8 Å². The second-order valence-corrected chi connectivity index (χ2v) is 6.09. The molecule has 1 N–H and O–H groups in total. The topological polar surface area (TPSA) is 74.9 Å². The number of carbonyl (C=O) groups excluding carboxylic acids is 2. The number of aromatic nitrogens is 1. The Morgan fingerprint density at radius 3 is 2.23 bits per heavy atom. The molecule has 0 bridgehead atoms. The van der Waals surface area contributed by atoms with E-state index in [0.29, 0.717) is 48.9 Å². The molecule has 1 aromatic carbocycles. The van der Waals surface area contributed by atoms with Crippen molar-refractivity contribution in [2.45, 2.75) is 6.42 Å². The lowest BCUT2D eigenvalue weighted by Gasteiger charge is -2.22. The number of H-pyrrole nitrogens is 1. The van der Waals surface area contributed by atoms with Gasteiger partial charge in [0.05, 0.1) is 14.2 Å². The first kappa shape index (κ1) is 17.8. The normalized spacial score (nSPS) is 14.7. The first-order valence-corrected chi connectivity index (χ1v) is 8.58. The fraction of sp³-hybridized carbons (Fsp3) is 0.368. The number of methoxy groups -OCH3 is 2. The highest BCUT2D eigenvalue weighted by Gasteiger charge is 2.24. The molecule has 1 fully saturated rings. The Labute approximate surface area is 152 Å². The number of hydrogen-bond donors (Lipinski definition) is 1. The molecule has 0 unspecified atom stereocenters. The van der Waals surface area contributed by atoms with Crippen LogP contribution in [0.2, 0.25) is 0 Å². The van der Waals surface area contributed by atoms with Crippen LogP contribution in [0.1, 0.15) is 27.3 Å². The van der Waals surface area contributed by atoms with Crippen molar-refractivity contribution in [1.29, 1.82) is 0 Å². The maximum atomic E-state index is 12.8. The van der Waals surface area contributed by atoms with Gasteiger partial charge in [0, 0.05) is 37.9 Å². The number of nitrogens with zero attached hydrogens (tertiary/aromatic N) is 2. The number of nitrogens with one attached hydrogen (secondary N) is 1. The fourth-order valence-corrected chi connectivity index (χ4v) is 3.11. The number of aromatic amines is 1. The molecule has 0 aliphatic carbocycles. The minimum atomic E-state index is -0.0693. The van der Waals surface area contributed by atoms with E-state index in [4.69, 9.17) is 9.47 Å². The lowest BCUT2D eigenvalue weighted by molar-refractivity contribution is 0.0716. The number of ether oxygens (including phenoxy) is 2. The summed E-state index contributed by atoms with van der Waals surface area (Å²) in [6.07, 6.45) is 2.48. The molecule has 1 aromatic heterocycles. The fourth-order valence-electron chi connectivity index (χ4n) is 3.11. The van der Waals surface area contributed by atoms with E-state index in [1.165, 1.54) is 0 Å². The van der Waals surface area contributed by atoms with E-state index >= 15 is 0 Å². The van der Waals surface area contributed by atoms with Crippen molar-refractivity contribution in [3.63, 3.8) is 0 Å². The molecule has 3 rings (SSSR count). The first-order chi connectivity index (χ1) is 12.6. The first-order valence-electron chi connectivity index (χ1n) is 8.58. The molecule has 7 nitrogen and oxygen atoms in total. The Morgan fingerprint density at radius 1 is 0.923 bits per heavy atom. The highest BCUT2D eigenvalue weighted by Crippen LogP contribution is 2.28. The predicted molar refractivity (Wildman–Crippen MR) is 96.8 cm³/mol. The Bertz CT molecular complexity index is 773. The van der Waals surface area contributed by atoms with Gasteiger partial charge < -0.3 is 24.3 Å². The Hall–Kier alpha value is -2.96. The average Bonchev–Trinajstić information content (AvgIpc) is 3.11. The molecule has 0 atom stereocenters. The van der Waals surface area contributed by atoms with E-state index in [9.17, 15) is 9.59 Å². The molecule has 0 saturated carbocycles. The molecule has 138 valence electrons. The molecule has 0 spiro atoms. The third-order valence-corrected chi connectivity index (χ3v) is 4.53.